The van der Waals surface area contributed by atoms with Gasteiger partial charge in [0.2, 0.25) is 0 Å². The van der Waals surface area contributed by atoms with E-state index in [0.717, 1.165) is 5.56 Å². The van der Waals surface area contributed by atoms with E-state index >= 15 is 0 Å². The van der Waals surface area contributed by atoms with Gasteiger partial charge < -0.3 is 4.74 Å². The van der Waals surface area contributed by atoms with Gasteiger partial charge in [-0.1, -0.05) is 30.3 Å². The second-order valence-corrected chi connectivity index (χ2v) is 5.32. The molecule has 4 heteroatoms. The highest BCUT2D eigenvalue weighted by Gasteiger charge is 2.14. The highest BCUT2D eigenvalue weighted by Crippen LogP contribution is 2.27. The van der Waals surface area contributed by atoms with Crippen LogP contribution >= 0.6 is 22.6 Å². The van der Waals surface area contributed by atoms with Crippen molar-refractivity contribution in [3.8, 4) is 11.8 Å². The van der Waals surface area contributed by atoms with Crippen LogP contribution in [0.15, 0.2) is 42.5 Å². The molecule has 0 aliphatic heterocycles. The van der Waals surface area contributed by atoms with Crippen molar-refractivity contribution in [1.29, 1.82) is 5.26 Å². The van der Waals surface area contributed by atoms with Crippen molar-refractivity contribution in [1.82, 2.24) is 0 Å². The molecule has 0 aliphatic rings. The van der Waals surface area contributed by atoms with Crippen molar-refractivity contribution in [2.75, 3.05) is 0 Å². The number of hydrogen-bond donors (Lipinski definition) is 0. The molecule has 0 fully saturated rings. The minimum Gasteiger partial charge on any atom is -0.487 e. The van der Waals surface area contributed by atoms with E-state index in [1.807, 2.05) is 52.9 Å². The van der Waals surface area contributed by atoms with Crippen molar-refractivity contribution in [3.63, 3.8) is 0 Å². The zero-order valence-electron chi connectivity index (χ0n) is 10.9. The summed E-state index contributed by atoms with van der Waals surface area (Å²) in [5.41, 5.74) is 1.99. The van der Waals surface area contributed by atoms with Crippen LogP contribution in [-0.4, -0.2) is 5.78 Å². The van der Waals surface area contributed by atoms with E-state index in [4.69, 9.17) is 4.74 Å². The van der Waals surface area contributed by atoms with Crippen molar-refractivity contribution >= 4 is 28.4 Å². The molecule has 2 rings (SSSR count). The summed E-state index contributed by atoms with van der Waals surface area (Å²) >= 11 is 2.01. The predicted molar refractivity (Wildman–Crippen MR) is 84.7 cm³/mol. The molecule has 20 heavy (non-hydrogen) atoms. The highest BCUT2D eigenvalue weighted by atomic mass is 127. The SMILES string of the molecule is CC(=O)c1ccc(OCc2ccccc2)c(C#N)c1I. The lowest BCUT2D eigenvalue weighted by Crippen LogP contribution is -2.03. The first-order chi connectivity index (χ1) is 9.63. The van der Waals surface area contributed by atoms with E-state index in [1.54, 1.807) is 12.1 Å². The number of nitriles is 1. The van der Waals surface area contributed by atoms with E-state index < -0.39 is 0 Å². The lowest BCUT2D eigenvalue weighted by atomic mass is 10.1. The Morgan fingerprint density at radius 2 is 1.95 bits per heavy atom. The fraction of sp³-hybridized carbons (Fsp3) is 0.125. The maximum absolute atomic E-state index is 11.5. The Hall–Kier alpha value is -1.87. The van der Waals surface area contributed by atoms with Crippen molar-refractivity contribution in [3.05, 3.63) is 62.7 Å². The minimum absolute atomic E-state index is 0.0551. The Balaban J connectivity index is 2.27. The number of benzene rings is 2. The standard InChI is InChI=1S/C16H12INO2/c1-11(19)13-7-8-15(14(9-18)16(13)17)20-10-12-5-3-2-4-6-12/h2-8H,10H2,1H3. The molecule has 0 N–H and O–H groups in total. The molecule has 0 unspecified atom stereocenters. The van der Waals surface area contributed by atoms with E-state index in [2.05, 4.69) is 6.07 Å². The largest absolute Gasteiger partial charge is 0.487 e. The summed E-state index contributed by atoms with van der Waals surface area (Å²) in [6.45, 7) is 1.88. The number of carbonyl (C=O) groups excluding carboxylic acids is 1. The summed E-state index contributed by atoms with van der Waals surface area (Å²) in [6, 6.07) is 15.2. The quantitative estimate of drug-likeness (QED) is 0.599. The molecule has 0 atom stereocenters. The zero-order chi connectivity index (χ0) is 14.5. The number of nitrogens with zero attached hydrogens (tertiary/aromatic N) is 1. The fourth-order valence-corrected chi connectivity index (χ4v) is 2.74. The smallest absolute Gasteiger partial charge is 0.160 e. The summed E-state index contributed by atoms with van der Waals surface area (Å²) in [7, 11) is 0. The van der Waals surface area contributed by atoms with Gasteiger partial charge in [0, 0.05) is 9.13 Å². The average molecular weight is 377 g/mol. The molecular formula is C16H12INO2. The molecule has 0 aromatic heterocycles. The van der Waals surface area contributed by atoms with Crippen LogP contribution in [0.1, 0.15) is 28.4 Å². The lowest BCUT2D eigenvalue weighted by Gasteiger charge is -2.11. The normalized spacial score (nSPS) is 9.85. The van der Waals surface area contributed by atoms with Crippen LogP contribution in [0, 0.1) is 14.9 Å². The van der Waals surface area contributed by atoms with E-state index in [9.17, 15) is 10.1 Å². The van der Waals surface area contributed by atoms with Crippen LogP contribution in [0.25, 0.3) is 0 Å². The third-order valence-electron chi connectivity index (χ3n) is 2.83. The summed E-state index contributed by atoms with van der Waals surface area (Å²) in [6.07, 6.45) is 0. The summed E-state index contributed by atoms with van der Waals surface area (Å²) in [5, 5.41) is 9.26. The fourth-order valence-electron chi connectivity index (χ4n) is 1.79. The second kappa shape index (κ2) is 6.53. The van der Waals surface area contributed by atoms with Crippen LogP contribution in [0.5, 0.6) is 5.75 Å². The first-order valence-corrected chi connectivity index (χ1v) is 7.11. The third kappa shape index (κ3) is 3.17. The van der Waals surface area contributed by atoms with Crippen molar-refractivity contribution < 1.29 is 9.53 Å². The van der Waals surface area contributed by atoms with Gasteiger partial charge in [0.05, 0.1) is 0 Å². The molecule has 0 bridgehead atoms. The molecule has 0 spiro atoms. The van der Waals surface area contributed by atoms with Crippen LogP contribution in [0.2, 0.25) is 0 Å². The molecule has 0 aliphatic carbocycles. The molecular weight excluding hydrogens is 365 g/mol. The van der Waals surface area contributed by atoms with Gasteiger partial charge >= 0.3 is 0 Å². The van der Waals surface area contributed by atoms with E-state index in [0.29, 0.717) is 27.1 Å². The summed E-state index contributed by atoms with van der Waals surface area (Å²) in [4.78, 5) is 11.5. The topological polar surface area (TPSA) is 50.1 Å². The zero-order valence-corrected chi connectivity index (χ0v) is 13.0. The number of ketones is 1. The highest BCUT2D eigenvalue weighted by molar-refractivity contribution is 14.1. The Morgan fingerprint density at radius 1 is 1.25 bits per heavy atom. The number of rotatable bonds is 4. The molecule has 0 saturated heterocycles. The molecule has 0 heterocycles. The van der Waals surface area contributed by atoms with E-state index in [1.165, 1.54) is 6.92 Å². The number of hydrogen-bond acceptors (Lipinski definition) is 3. The second-order valence-electron chi connectivity index (χ2n) is 4.24. The van der Waals surface area contributed by atoms with Crippen LogP contribution in [0.4, 0.5) is 0 Å². The third-order valence-corrected chi connectivity index (χ3v) is 3.95. The summed E-state index contributed by atoms with van der Waals surface area (Å²) in [5.74, 6) is 0.450. The molecule has 0 saturated carbocycles. The van der Waals surface area contributed by atoms with Gasteiger partial charge in [-0.2, -0.15) is 5.26 Å². The molecule has 100 valence electrons. The van der Waals surface area contributed by atoms with Gasteiger partial charge in [-0.25, -0.2) is 0 Å². The Bertz CT molecular complexity index is 675. The molecule has 0 radical (unpaired) electrons. The Labute approximate surface area is 131 Å². The van der Waals surface area contributed by atoms with Gasteiger partial charge in [0.1, 0.15) is 24.0 Å². The predicted octanol–water partition coefficient (Wildman–Crippen LogP) is 3.94. The number of carbonyl (C=O) groups is 1. The van der Waals surface area contributed by atoms with E-state index in [-0.39, 0.29) is 5.78 Å². The summed E-state index contributed by atoms with van der Waals surface area (Å²) < 4.78 is 6.33. The van der Waals surface area contributed by atoms with Gasteiger partial charge in [-0.15, -0.1) is 0 Å². The van der Waals surface area contributed by atoms with Gasteiger partial charge in [-0.3, -0.25) is 4.79 Å². The number of halogens is 1. The number of Topliss-reactive ketones (excluding diaryl/α,β-unsaturated/α-hetero) is 1. The van der Waals surface area contributed by atoms with Gasteiger partial charge in [0.25, 0.3) is 0 Å². The Morgan fingerprint density at radius 3 is 2.55 bits per heavy atom. The number of ether oxygens (including phenoxy) is 1. The molecule has 2 aromatic rings. The Kier molecular flexibility index (Phi) is 4.74. The molecule has 3 nitrogen and oxygen atoms in total. The van der Waals surface area contributed by atoms with Crippen LogP contribution in [-0.2, 0) is 6.61 Å². The van der Waals surface area contributed by atoms with Crippen molar-refractivity contribution in [2.45, 2.75) is 13.5 Å². The monoisotopic (exact) mass is 377 g/mol. The maximum Gasteiger partial charge on any atom is 0.160 e. The molecule has 2 aromatic carbocycles. The lowest BCUT2D eigenvalue weighted by molar-refractivity contribution is 0.101. The average Bonchev–Trinajstić information content (AvgIpc) is 2.45. The van der Waals surface area contributed by atoms with Crippen LogP contribution < -0.4 is 4.74 Å². The van der Waals surface area contributed by atoms with Crippen LogP contribution in [0.3, 0.4) is 0 Å². The van der Waals surface area contributed by atoms with Gasteiger partial charge in [0.15, 0.2) is 5.78 Å². The minimum atomic E-state index is -0.0551. The molecule has 0 amide bonds. The van der Waals surface area contributed by atoms with Crippen molar-refractivity contribution in [2.24, 2.45) is 0 Å². The first-order valence-electron chi connectivity index (χ1n) is 6.03. The first kappa shape index (κ1) is 14.5. The van der Waals surface area contributed by atoms with Gasteiger partial charge in [-0.05, 0) is 47.2 Å². The maximum atomic E-state index is 11.5.